The predicted octanol–water partition coefficient (Wildman–Crippen LogP) is 5.63. The number of para-hydroxylation sites is 1. The fourth-order valence-corrected chi connectivity index (χ4v) is 5.36. The van der Waals surface area contributed by atoms with E-state index in [0.717, 1.165) is 29.2 Å². The molecule has 0 bridgehead atoms. The number of hydrogen-bond acceptors (Lipinski definition) is 5. The zero-order valence-corrected chi connectivity index (χ0v) is 18.4. The topological polar surface area (TPSA) is 38.9 Å². The first-order chi connectivity index (χ1) is 14.7. The number of likely N-dealkylation sites (tertiary alicyclic amines) is 1. The van der Waals surface area contributed by atoms with E-state index in [-0.39, 0.29) is 0 Å². The molecule has 30 heavy (non-hydrogen) atoms. The average Bonchev–Trinajstić information content (AvgIpc) is 3.51. The van der Waals surface area contributed by atoms with Gasteiger partial charge in [-0.2, -0.15) is 0 Å². The molecule has 0 saturated carbocycles. The molecule has 0 unspecified atom stereocenters. The van der Waals surface area contributed by atoms with Gasteiger partial charge in [-0.1, -0.05) is 24.3 Å². The maximum absolute atomic E-state index is 5.95. The van der Waals surface area contributed by atoms with E-state index in [1.807, 2.05) is 46.5 Å². The lowest BCUT2D eigenvalue weighted by Gasteiger charge is -2.23. The summed E-state index contributed by atoms with van der Waals surface area (Å²) in [6.45, 7) is 3.85. The Kier molecular flexibility index (Phi) is 5.33. The SMILES string of the molecule is Cc1ccccc1-n1c(-c2cccnc2)nn(CN2CCC[C@@H]2c2cccs2)c1=S. The largest absolute Gasteiger partial charge is 0.276 e. The van der Waals surface area contributed by atoms with Crippen molar-refractivity contribution >= 4 is 23.6 Å². The van der Waals surface area contributed by atoms with Gasteiger partial charge < -0.3 is 0 Å². The molecule has 5 nitrogen and oxygen atoms in total. The van der Waals surface area contributed by atoms with Gasteiger partial charge in [0, 0.05) is 35.4 Å². The van der Waals surface area contributed by atoms with E-state index in [1.165, 1.54) is 17.7 Å². The second-order valence-electron chi connectivity index (χ2n) is 7.60. The number of nitrogens with zero attached hydrogens (tertiary/aromatic N) is 5. The summed E-state index contributed by atoms with van der Waals surface area (Å²) in [7, 11) is 0. The van der Waals surface area contributed by atoms with Crippen molar-refractivity contribution in [2.45, 2.75) is 32.5 Å². The van der Waals surface area contributed by atoms with Gasteiger partial charge in [0.15, 0.2) is 5.82 Å². The van der Waals surface area contributed by atoms with E-state index in [9.17, 15) is 0 Å². The monoisotopic (exact) mass is 433 g/mol. The van der Waals surface area contributed by atoms with Crippen LogP contribution in [0.2, 0.25) is 0 Å². The number of thiophene rings is 1. The minimum atomic E-state index is 0.442. The summed E-state index contributed by atoms with van der Waals surface area (Å²) >= 11 is 7.78. The third kappa shape index (κ3) is 3.53. The van der Waals surface area contributed by atoms with Crippen LogP contribution in [0.4, 0.5) is 0 Å². The van der Waals surface area contributed by atoms with Crippen molar-refractivity contribution in [2.75, 3.05) is 6.54 Å². The predicted molar refractivity (Wildman–Crippen MR) is 123 cm³/mol. The van der Waals surface area contributed by atoms with Crippen LogP contribution in [0.1, 0.15) is 29.3 Å². The van der Waals surface area contributed by atoms with Crippen LogP contribution in [-0.4, -0.2) is 30.8 Å². The minimum absolute atomic E-state index is 0.442. The smallest absolute Gasteiger partial charge is 0.204 e. The molecule has 7 heteroatoms. The summed E-state index contributed by atoms with van der Waals surface area (Å²) in [6.07, 6.45) is 6.01. The summed E-state index contributed by atoms with van der Waals surface area (Å²) < 4.78 is 4.76. The quantitative estimate of drug-likeness (QED) is 0.382. The van der Waals surface area contributed by atoms with E-state index >= 15 is 0 Å². The number of hydrogen-bond donors (Lipinski definition) is 0. The van der Waals surface area contributed by atoms with E-state index < -0.39 is 0 Å². The summed E-state index contributed by atoms with van der Waals surface area (Å²) in [5.41, 5.74) is 3.18. The first kappa shape index (κ1) is 19.4. The molecular formula is C23H23N5S2. The lowest BCUT2D eigenvalue weighted by atomic mass is 10.2. The van der Waals surface area contributed by atoms with Crippen LogP contribution in [0.15, 0.2) is 66.3 Å². The van der Waals surface area contributed by atoms with E-state index in [2.05, 4.69) is 51.0 Å². The van der Waals surface area contributed by atoms with Crippen molar-refractivity contribution in [3.05, 3.63) is 81.5 Å². The summed E-state index contributed by atoms with van der Waals surface area (Å²) in [5.74, 6) is 0.828. The third-order valence-electron chi connectivity index (χ3n) is 5.67. The molecule has 0 aliphatic carbocycles. The molecule has 5 rings (SSSR count). The zero-order chi connectivity index (χ0) is 20.5. The van der Waals surface area contributed by atoms with Crippen LogP contribution in [0.3, 0.4) is 0 Å². The fraction of sp³-hybridized carbons (Fsp3) is 0.261. The van der Waals surface area contributed by atoms with Gasteiger partial charge in [0.1, 0.15) is 0 Å². The summed E-state index contributed by atoms with van der Waals surface area (Å²) in [6, 6.07) is 17.1. The molecule has 1 aromatic carbocycles. The summed E-state index contributed by atoms with van der Waals surface area (Å²) in [5, 5.41) is 7.13. The van der Waals surface area contributed by atoms with Crippen LogP contribution in [0.25, 0.3) is 17.1 Å². The van der Waals surface area contributed by atoms with E-state index in [1.54, 1.807) is 6.20 Å². The Morgan fingerprint density at radius 1 is 1.13 bits per heavy atom. The van der Waals surface area contributed by atoms with Gasteiger partial charge in [0.25, 0.3) is 0 Å². The average molecular weight is 434 g/mol. The second kappa shape index (κ2) is 8.26. The van der Waals surface area contributed by atoms with Crippen LogP contribution in [0, 0.1) is 11.7 Å². The van der Waals surface area contributed by atoms with E-state index in [0.29, 0.717) is 17.5 Å². The van der Waals surface area contributed by atoms with Crippen LogP contribution in [-0.2, 0) is 6.67 Å². The Morgan fingerprint density at radius 3 is 2.80 bits per heavy atom. The molecule has 4 aromatic rings. The Labute approximate surface area is 185 Å². The number of aromatic nitrogens is 4. The molecule has 0 spiro atoms. The normalized spacial score (nSPS) is 16.9. The number of aryl methyl sites for hydroxylation is 1. The Morgan fingerprint density at radius 2 is 2.03 bits per heavy atom. The molecule has 0 N–H and O–H groups in total. The highest BCUT2D eigenvalue weighted by Gasteiger charge is 2.28. The van der Waals surface area contributed by atoms with Crippen LogP contribution in [0.5, 0.6) is 0 Å². The van der Waals surface area contributed by atoms with Gasteiger partial charge in [-0.15, -0.1) is 16.4 Å². The van der Waals surface area contributed by atoms with Crippen molar-refractivity contribution in [2.24, 2.45) is 0 Å². The standard InChI is InChI=1S/C23H23N5S2/c1-17-7-2-3-9-19(17)28-22(18-8-4-12-24-15-18)25-27(23(28)29)16-26-13-5-10-20(26)21-11-6-14-30-21/h2-4,6-9,11-12,14-15,20H,5,10,13,16H2,1H3/t20-/m1/s1. The summed E-state index contributed by atoms with van der Waals surface area (Å²) in [4.78, 5) is 8.21. The number of benzene rings is 1. The molecule has 1 saturated heterocycles. The minimum Gasteiger partial charge on any atom is -0.276 e. The number of pyridine rings is 1. The Hall–Kier alpha value is -2.61. The maximum Gasteiger partial charge on any atom is 0.204 e. The van der Waals surface area contributed by atoms with Gasteiger partial charge in [-0.25, -0.2) is 4.68 Å². The molecule has 4 heterocycles. The lowest BCUT2D eigenvalue weighted by molar-refractivity contribution is 0.192. The molecular weight excluding hydrogens is 410 g/mol. The van der Waals surface area contributed by atoms with Crippen molar-refractivity contribution < 1.29 is 0 Å². The van der Waals surface area contributed by atoms with Crippen molar-refractivity contribution in [3.63, 3.8) is 0 Å². The zero-order valence-electron chi connectivity index (χ0n) is 16.8. The molecule has 152 valence electrons. The highest BCUT2D eigenvalue weighted by atomic mass is 32.1. The lowest BCUT2D eigenvalue weighted by Crippen LogP contribution is -2.26. The van der Waals surface area contributed by atoms with Crippen molar-refractivity contribution in [1.82, 2.24) is 24.2 Å². The van der Waals surface area contributed by atoms with Gasteiger partial charge in [0.05, 0.1) is 12.4 Å². The first-order valence-corrected chi connectivity index (χ1v) is 11.4. The molecule has 1 atom stereocenters. The molecule has 0 amide bonds. The molecule has 3 aromatic heterocycles. The van der Waals surface area contributed by atoms with Gasteiger partial charge in [-0.3, -0.25) is 14.5 Å². The van der Waals surface area contributed by atoms with Gasteiger partial charge in [0.2, 0.25) is 4.77 Å². The van der Waals surface area contributed by atoms with Gasteiger partial charge >= 0.3 is 0 Å². The van der Waals surface area contributed by atoms with Crippen molar-refractivity contribution in [1.29, 1.82) is 0 Å². The highest BCUT2D eigenvalue weighted by molar-refractivity contribution is 7.71. The Balaban J connectivity index is 1.59. The number of rotatable bonds is 5. The molecule has 1 aliphatic rings. The molecule has 1 fully saturated rings. The third-order valence-corrected chi connectivity index (χ3v) is 7.03. The first-order valence-electron chi connectivity index (χ1n) is 10.2. The highest BCUT2D eigenvalue weighted by Crippen LogP contribution is 2.35. The van der Waals surface area contributed by atoms with E-state index in [4.69, 9.17) is 17.3 Å². The fourth-order valence-electron chi connectivity index (χ4n) is 4.18. The van der Waals surface area contributed by atoms with Crippen LogP contribution >= 0.6 is 23.6 Å². The Bertz CT molecular complexity index is 1190. The van der Waals surface area contributed by atoms with Gasteiger partial charge in [-0.05, 0) is 67.2 Å². The van der Waals surface area contributed by atoms with Crippen LogP contribution < -0.4 is 0 Å². The molecule has 1 aliphatic heterocycles. The molecule has 0 radical (unpaired) electrons. The van der Waals surface area contributed by atoms with Crippen molar-refractivity contribution in [3.8, 4) is 17.1 Å². The maximum atomic E-state index is 5.95. The second-order valence-corrected chi connectivity index (χ2v) is 8.94.